The monoisotopic (exact) mass is 532 g/mol. The van der Waals surface area contributed by atoms with E-state index in [0.29, 0.717) is 20.1 Å². The number of para-hydroxylation sites is 2. The Kier molecular flexibility index (Phi) is 6.96. The molecule has 1 amide bonds. The molecule has 3 aromatic carbocycles. The number of anilines is 1. The van der Waals surface area contributed by atoms with Crippen molar-refractivity contribution in [2.45, 2.75) is 6.42 Å². The number of amides is 1. The Balaban J connectivity index is 1.84. The minimum atomic E-state index is -0.571. The Hall–Kier alpha value is -3.04. The van der Waals surface area contributed by atoms with E-state index in [-0.39, 0.29) is 23.5 Å². The fourth-order valence-electron chi connectivity index (χ4n) is 2.69. The largest absolute Gasteiger partial charge is 0.421 e. The molecule has 9 heteroatoms. The van der Waals surface area contributed by atoms with Crippen LogP contribution in [0.5, 0.6) is 5.75 Å². The summed E-state index contributed by atoms with van der Waals surface area (Å²) in [7, 11) is 0. The van der Waals surface area contributed by atoms with Crippen molar-refractivity contribution >= 4 is 55.1 Å². The molecule has 1 N–H and O–H groups in total. The summed E-state index contributed by atoms with van der Waals surface area (Å²) in [5, 5.41) is 13.7. The van der Waals surface area contributed by atoms with Crippen molar-refractivity contribution in [1.82, 2.24) is 0 Å². The van der Waals surface area contributed by atoms with Gasteiger partial charge in [-0.05, 0) is 46.3 Å². The molecule has 0 aliphatic carbocycles. The maximum atomic E-state index is 12.6. The number of nitro groups is 1. The molecule has 0 fully saturated rings. The molecule has 0 bridgehead atoms. The van der Waals surface area contributed by atoms with E-state index in [1.807, 2.05) is 0 Å². The predicted molar refractivity (Wildman–Crippen MR) is 119 cm³/mol. The van der Waals surface area contributed by atoms with Crippen LogP contribution in [0.3, 0.4) is 0 Å². The number of halogens is 2. The lowest BCUT2D eigenvalue weighted by atomic mass is 10.1. The van der Waals surface area contributed by atoms with Gasteiger partial charge >= 0.3 is 5.97 Å². The molecular formula is C21H14Br2N2O5. The van der Waals surface area contributed by atoms with E-state index < -0.39 is 16.8 Å². The third-order valence-electron chi connectivity index (χ3n) is 4.02. The van der Waals surface area contributed by atoms with Crippen LogP contribution in [0.2, 0.25) is 0 Å². The lowest BCUT2D eigenvalue weighted by Crippen LogP contribution is -2.17. The van der Waals surface area contributed by atoms with Crippen LogP contribution >= 0.6 is 31.9 Å². The van der Waals surface area contributed by atoms with Gasteiger partial charge in [0.25, 0.3) is 5.69 Å². The highest BCUT2D eigenvalue weighted by molar-refractivity contribution is 9.11. The second kappa shape index (κ2) is 9.64. The minimum absolute atomic E-state index is 0.0874. The van der Waals surface area contributed by atoms with Crippen molar-refractivity contribution in [2.75, 3.05) is 5.32 Å². The van der Waals surface area contributed by atoms with Crippen molar-refractivity contribution in [3.63, 3.8) is 0 Å². The third-order valence-corrected chi connectivity index (χ3v) is 5.06. The van der Waals surface area contributed by atoms with Gasteiger partial charge in [-0.15, -0.1) is 0 Å². The number of nitro benzene ring substituents is 1. The van der Waals surface area contributed by atoms with Gasteiger partial charge in [-0.3, -0.25) is 14.9 Å². The molecule has 0 saturated heterocycles. The molecule has 0 unspecified atom stereocenters. The van der Waals surface area contributed by atoms with Crippen LogP contribution in [0.1, 0.15) is 15.9 Å². The lowest BCUT2D eigenvalue weighted by molar-refractivity contribution is -0.383. The molecular weight excluding hydrogens is 520 g/mol. The van der Waals surface area contributed by atoms with Crippen molar-refractivity contribution < 1.29 is 19.2 Å². The van der Waals surface area contributed by atoms with Crippen LogP contribution in [-0.4, -0.2) is 16.8 Å². The van der Waals surface area contributed by atoms with Crippen LogP contribution in [-0.2, 0) is 11.2 Å². The van der Waals surface area contributed by atoms with E-state index in [1.54, 1.807) is 48.5 Å². The van der Waals surface area contributed by atoms with E-state index in [0.717, 1.165) is 0 Å². The maximum absolute atomic E-state index is 12.6. The smallest absolute Gasteiger partial charge is 0.343 e. The van der Waals surface area contributed by atoms with Gasteiger partial charge in [-0.1, -0.05) is 46.3 Å². The van der Waals surface area contributed by atoms with Gasteiger partial charge in [0.2, 0.25) is 5.91 Å². The Labute approximate surface area is 188 Å². The number of ether oxygens (including phenoxy) is 1. The first-order valence-electron chi connectivity index (χ1n) is 8.63. The standard InChI is InChI=1S/C21H14Br2N2O5/c22-15-10-14(11-19(26)24-17-8-4-5-9-18(17)25(28)29)20(16(23)12-15)30-21(27)13-6-2-1-3-7-13/h1-10,12H,11H2,(H,24,26). The Bertz CT molecular complexity index is 1120. The molecule has 7 nitrogen and oxygen atoms in total. The van der Waals surface area contributed by atoms with Gasteiger partial charge in [-0.25, -0.2) is 4.79 Å². The molecule has 0 aliphatic heterocycles. The first kappa shape index (κ1) is 21.7. The van der Waals surface area contributed by atoms with Gasteiger partial charge in [-0.2, -0.15) is 0 Å². The molecule has 0 spiro atoms. The van der Waals surface area contributed by atoms with E-state index in [9.17, 15) is 19.7 Å². The number of nitrogens with one attached hydrogen (secondary N) is 1. The topological polar surface area (TPSA) is 98.5 Å². The number of hydrogen-bond acceptors (Lipinski definition) is 5. The highest BCUT2D eigenvalue weighted by atomic mass is 79.9. The second-order valence-electron chi connectivity index (χ2n) is 6.13. The average molecular weight is 534 g/mol. The number of benzene rings is 3. The molecule has 30 heavy (non-hydrogen) atoms. The van der Waals surface area contributed by atoms with Crippen molar-refractivity contribution in [3.8, 4) is 5.75 Å². The molecule has 0 heterocycles. The van der Waals surface area contributed by atoms with Gasteiger partial charge in [0, 0.05) is 16.1 Å². The Morgan fingerprint density at radius 1 is 1.00 bits per heavy atom. The van der Waals surface area contributed by atoms with Gasteiger partial charge in [0.1, 0.15) is 11.4 Å². The SMILES string of the molecule is O=C(Cc1cc(Br)cc(Br)c1OC(=O)c1ccccc1)Nc1ccccc1[N+](=O)[O-]. The van der Waals surface area contributed by atoms with Crippen LogP contribution < -0.4 is 10.1 Å². The number of carbonyl (C=O) groups excluding carboxylic acids is 2. The fourth-order valence-corrected chi connectivity index (χ4v) is 4.09. The number of carbonyl (C=O) groups is 2. The van der Waals surface area contributed by atoms with E-state index in [2.05, 4.69) is 37.2 Å². The lowest BCUT2D eigenvalue weighted by Gasteiger charge is -2.13. The van der Waals surface area contributed by atoms with E-state index in [1.165, 1.54) is 18.2 Å². The highest BCUT2D eigenvalue weighted by Gasteiger charge is 2.20. The van der Waals surface area contributed by atoms with Crippen molar-refractivity contribution in [1.29, 1.82) is 0 Å². The summed E-state index contributed by atoms with van der Waals surface area (Å²) in [6.07, 6.45) is -0.165. The summed E-state index contributed by atoms with van der Waals surface area (Å²) >= 11 is 6.71. The zero-order valence-electron chi connectivity index (χ0n) is 15.3. The summed E-state index contributed by atoms with van der Waals surface area (Å²) in [6, 6.07) is 17.7. The number of nitrogens with zero attached hydrogens (tertiary/aromatic N) is 1. The summed E-state index contributed by atoms with van der Waals surface area (Å²) in [5.41, 5.74) is 0.667. The van der Waals surface area contributed by atoms with Crippen LogP contribution in [0.25, 0.3) is 0 Å². The molecule has 0 atom stereocenters. The fraction of sp³-hybridized carbons (Fsp3) is 0.0476. The predicted octanol–water partition coefficient (Wildman–Crippen LogP) is 5.52. The van der Waals surface area contributed by atoms with Gasteiger partial charge < -0.3 is 10.1 Å². The molecule has 0 radical (unpaired) electrons. The van der Waals surface area contributed by atoms with E-state index >= 15 is 0 Å². The second-order valence-corrected chi connectivity index (χ2v) is 7.90. The van der Waals surface area contributed by atoms with E-state index in [4.69, 9.17) is 4.74 Å². The molecule has 0 saturated carbocycles. The molecule has 0 aliphatic rings. The number of esters is 1. The first-order chi connectivity index (χ1) is 14.3. The Morgan fingerprint density at radius 3 is 2.37 bits per heavy atom. The van der Waals surface area contributed by atoms with Crippen LogP contribution in [0.15, 0.2) is 75.7 Å². The highest BCUT2D eigenvalue weighted by Crippen LogP contribution is 2.34. The van der Waals surface area contributed by atoms with Crippen LogP contribution in [0, 0.1) is 10.1 Å². The zero-order chi connectivity index (χ0) is 21.7. The maximum Gasteiger partial charge on any atom is 0.343 e. The quantitative estimate of drug-likeness (QED) is 0.195. The Morgan fingerprint density at radius 2 is 1.67 bits per heavy atom. The molecule has 152 valence electrons. The van der Waals surface area contributed by atoms with Crippen LogP contribution in [0.4, 0.5) is 11.4 Å². The molecule has 3 aromatic rings. The summed E-state index contributed by atoms with van der Waals surface area (Å²) in [5.74, 6) is -0.866. The first-order valence-corrected chi connectivity index (χ1v) is 10.2. The zero-order valence-corrected chi connectivity index (χ0v) is 18.5. The normalized spacial score (nSPS) is 10.3. The number of hydrogen-bond donors (Lipinski definition) is 1. The van der Waals surface area contributed by atoms with Gasteiger partial charge in [0.05, 0.1) is 21.4 Å². The van der Waals surface area contributed by atoms with Gasteiger partial charge in [0.15, 0.2) is 0 Å². The summed E-state index contributed by atoms with van der Waals surface area (Å²) in [6.45, 7) is 0. The van der Waals surface area contributed by atoms with Crippen molar-refractivity contribution in [2.24, 2.45) is 0 Å². The minimum Gasteiger partial charge on any atom is -0.421 e. The average Bonchev–Trinajstić information content (AvgIpc) is 2.71. The summed E-state index contributed by atoms with van der Waals surface area (Å²) in [4.78, 5) is 35.6. The third kappa shape index (κ3) is 5.31. The molecule has 0 aromatic heterocycles. The summed E-state index contributed by atoms with van der Waals surface area (Å²) < 4.78 is 6.69. The number of rotatable bonds is 6. The van der Waals surface area contributed by atoms with Crippen molar-refractivity contribution in [3.05, 3.63) is 96.9 Å². The molecule has 3 rings (SSSR count).